The Balaban J connectivity index is 1.92. The maximum Gasteiger partial charge on any atom is 0.125 e. The van der Waals surface area contributed by atoms with Crippen molar-refractivity contribution in [1.82, 2.24) is 5.32 Å². The molecule has 1 saturated carbocycles. The van der Waals surface area contributed by atoms with Crippen LogP contribution < -0.4 is 10.1 Å². The van der Waals surface area contributed by atoms with Gasteiger partial charge < -0.3 is 10.1 Å². The number of ether oxygens (including phenoxy) is 1. The number of hydrogen-bond acceptors (Lipinski definition) is 2. The van der Waals surface area contributed by atoms with Gasteiger partial charge in [-0.05, 0) is 55.6 Å². The molecule has 1 heterocycles. The minimum Gasteiger partial charge on any atom is -0.496 e. The molecule has 1 aliphatic heterocycles. The molecule has 1 unspecified atom stereocenters. The van der Waals surface area contributed by atoms with Crippen molar-refractivity contribution < 1.29 is 4.74 Å². The molecule has 0 radical (unpaired) electrons. The molecule has 0 aromatic heterocycles. The van der Waals surface area contributed by atoms with E-state index in [-0.39, 0.29) is 0 Å². The van der Waals surface area contributed by atoms with Crippen molar-refractivity contribution in [2.24, 2.45) is 5.41 Å². The molecular weight excluding hydrogens is 222 g/mol. The first-order valence-electron chi connectivity index (χ1n) is 6.99. The molecule has 0 bridgehead atoms. The fourth-order valence-corrected chi connectivity index (χ4v) is 3.84. The first-order valence-corrected chi connectivity index (χ1v) is 6.99. The van der Waals surface area contributed by atoms with Gasteiger partial charge in [-0.15, -0.1) is 0 Å². The van der Waals surface area contributed by atoms with Gasteiger partial charge in [-0.2, -0.15) is 0 Å². The summed E-state index contributed by atoms with van der Waals surface area (Å²) in [4.78, 5) is 0. The number of benzene rings is 1. The van der Waals surface area contributed by atoms with Gasteiger partial charge in [0, 0.05) is 13.1 Å². The molecule has 3 rings (SSSR count). The summed E-state index contributed by atoms with van der Waals surface area (Å²) in [5.74, 6) is 1.82. The van der Waals surface area contributed by atoms with Gasteiger partial charge in [-0.25, -0.2) is 0 Å². The lowest BCUT2D eigenvalue weighted by Gasteiger charge is -2.39. The first kappa shape index (κ1) is 12.0. The van der Waals surface area contributed by atoms with Gasteiger partial charge in [-0.3, -0.25) is 0 Å². The zero-order valence-corrected chi connectivity index (χ0v) is 11.7. The van der Waals surface area contributed by atoms with E-state index < -0.39 is 0 Å². The lowest BCUT2D eigenvalue weighted by molar-refractivity contribution is 0.175. The Bertz CT molecular complexity index is 462. The van der Waals surface area contributed by atoms with E-state index in [4.69, 9.17) is 4.74 Å². The highest BCUT2D eigenvalue weighted by Gasteiger charge is 2.44. The van der Waals surface area contributed by atoms with Crippen molar-refractivity contribution in [1.29, 1.82) is 0 Å². The third-order valence-corrected chi connectivity index (χ3v) is 4.79. The van der Waals surface area contributed by atoms with Crippen LogP contribution in [0.5, 0.6) is 5.75 Å². The minimum atomic E-state index is 0.604. The Labute approximate surface area is 110 Å². The predicted molar refractivity (Wildman–Crippen MR) is 74.4 cm³/mol. The summed E-state index contributed by atoms with van der Waals surface area (Å²) in [5.41, 5.74) is 4.68. The molecule has 1 saturated heterocycles. The summed E-state index contributed by atoms with van der Waals surface area (Å²) in [6.07, 6.45) is 4.03. The van der Waals surface area contributed by atoms with E-state index in [1.807, 2.05) is 0 Å². The zero-order chi connectivity index (χ0) is 12.8. The van der Waals surface area contributed by atoms with Crippen molar-refractivity contribution in [2.45, 2.75) is 39.0 Å². The lowest BCUT2D eigenvalue weighted by atomic mass is 9.78. The third kappa shape index (κ3) is 1.83. The van der Waals surface area contributed by atoms with E-state index in [2.05, 4.69) is 31.3 Å². The number of aryl methyl sites for hydroxylation is 2. The average Bonchev–Trinajstić information content (AvgIpc) is 2.72. The topological polar surface area (TPSA) is 21.3 Å². The summed E-state index contributed by atoms with van der Waals surface area (Å²) in [5, 5.41) is 3.44. The first-order chi connectivity index (χ1) is 8.63. The van der Waals surface area contributed by atoms with Gasteiger partial charge in [0.05, 0.1) is 7.11 Å². The van der Waals surface area contributed by atoms with Gasteiger partial charge in [0.25, 0.3) is 0 Å². The summed E-state index contributed by atoms with van der Waals surface area (Å²) < 4.78 is 5.65. The van der Waals surface area contributed by atoms with Crippen LogP contribution in [0.1, 0.15) is 41.9 Å². The third-order valence-electron chi connectivity index (χ3n) is 4.79. The second-order valence-electron chi connectivity index (χ2n) is 6.25. The van der Waals surface area contributed by atoms with Crippen molar-refractivity contribution in [3.63, 3.8) is 0 Å². The van der Waals surface area contributed by atoms with Crippen molar-refractivity contribution in [3.8, 4) is 5.75 Å². The quantitative estimate of drug-likeness (QED) is 0.864. The molecule has 1 spiro atoms. The van der Waals surface area contributed by atoms with Crippen LogP contribution in [0.2, 0.25) is 0 Å². The van der Waals surface area contributed by atoms with E-state index in [9.17, 15) is 0 Å². The Morgan fingerprint density at radius 2 is 2.06 bits per heavy atom. The molecule has 1 aromatic rings. The SMILES string of the molecule is COc1c(C)cc(C)cc1C1CCC2(CNC2)C1. The van der Waals surface area contributed by atoms with Gasteiger partial charge in [0.1, 0.15) is 5.75 Å². The molecule has 2 fully saturated rings. The van der Waals surface area contributed by atoms with E-state index in [1.165, 1.54) is 49.0 Å². The van der Waals surface area contributed by atoms with Crippen LogP contribution in [-0.4, -0.2) is 20.2 Å². The van der Waals surface area contributed by atoms with Gasteiger partial charge >= 0.3 is 0 Å². The smallest absolute Gasteiger partial charge is 0.125 e. The van der Waals surface area contributed by atoms with Gasteiger partial charge in [-0.1, -0.05) is 17.7 Å². The molecule has 1 aromatic carbocycles. The van der Waals surface area contributed by atoms with E-state index in [1.54, 1.807) is 7.11 Å². The fourth-order valence-electron chi connectivity index (χ4n) is 3.84. The Hall–Kier alpha value is -1.02. The highest BCUT2D eigenvalue weighted by atomic mass is 16.5. The summed E-state index contributed by atoms with van der Waals surface area (Å²) >= 11 is 0. The molecule has 2 nitrogen and oxygen atoms in total. The largest absolute Gasteiger partial charge is 0.496 e. The molecule has 2 heteroatoms. The Morgan fingerprint density at radius 1 is 1.28 bits per heavy atom. The number of rotatable bonds is 2. The van der Waals surface area contributed by atoms with E-state index in [0.29, 0.717) is 11.3 Å². The van der Waals surface area contributed by atoms with Gasteiger partial charge in [0.2, 0.25) is 0 Å². The molecule has 1 atom stereocenters. The van der Waals surface area contributed by atoms with Crippen LogP contribution in [0.3, 0.4) is 0 Å². The number of nitrogens with one attached hydrogen (secondary N) is 1. The van der Waals surface area contributed by atoms with Crippen molar-refractivity contribution >= 4 is 0 Å². The standard InChI is InChI=1S/C16H23NO/c1-11-6-12(2)15(18-3)14(7-11)13-4-5-16(8-13)9-17-10-16/h6-7,13,17H,4-5,8-10H2,1-3H3. The normalized spacial score (nSPS) is 25.2. The van der Waals surface area contributed by atoms with E-state index in [0.717, 1.165) is 5.75 Å². The zero-order valence-electron chi connectivity index (χ0n) is 11.7. The molecule has 18 heavy (non-hydrogen) atoms. The van der Waals surface area contributed by atoms with Crippen LogP contribution in [0.15, 0.2) is 12.1 Å². The van der Waals surface area contributed by atoms with Crippen LogP contribution in [0, 0.1) is 19.3 Å². The highest BCUT2D eigenvalue weighted by Crippen LogP contribution is 2.50. The highest BCUT2D eigenvalue weighted by molar-refractivity contribution is 5.46. The summed E-state index contributed by atoms with van der Waals surface area (Å²) in [7, 11) is 1.80. The van der Waals surface area contributed by atoms with Crippen molar-refractivity contribution in [2.75, 3.05) is 20.2 Å². The van der Waals surface area contributed by atoms with Crippen molar-refractivity contribution in [3.05, 3.63) is 28.8 Å². The molecule has 1 N–H and O–H groups in total. The lowest BCUT2D eigenvalue weighted by Crippen LogP contribution is -2.51. The van der Waals surface area contributed by atoms with E-state index >= 15 is 0 Å². The Morgan fingerprint density at radius 3 is 2.61 bits per heavy atom. The summed E-state index contributed by atoms with van der Waals surface area (Å²) in [6.45, 7) is 6.78. The number of methoxy groups -OCH3 is 1. The predicted octanol–water partition coefficient (Wildman–Crippen LogP) is 3.17. The van der Waals surface area contributed by atoms with Crippen LogP contribution in [0.4, 0.5) is 0 Å². The number of hydrogen-bond donors (Lipinski definition) is 1. The Kier molecular flexibility index (Phi) is 2.86. The molecule has 2 aliphatic rings. The minimum absolute atomic E-state index is 0.604. The molecule has 98 valence electrons. The molecule has 0 amide bonds. The average molecular weight is 245 g/mol. The van der Waals surface area contributed by atoms with Crippen LogP contribution in [-0.2, 0) is 0 Å². The second kappa shape index (κ2) is 4.27. The van der Waals surface area contributed by atoms with Crippen LogP contribution in [0.25, 0.3) is 0 Å². The maximum atomic E-state index is 5.65. The summed E-state index contributed by atoms with van der Waals surface area (Å²) in [6, 6.07) is 4.56. The molecule has 1 aliphatic carbocycles. The maximum absolute atomic E-state index is 5.65. The molecular formula is C16H23NO. The second-order valence-corrected chi connectivity index (χ2v) is 6.25. The fraction of sp³-hybridized carbons (Fsp3) is 0.625. The van der Waals surface area contributed by atoms with Gasteiger partial charge in [0.15, 0.2) is 0 Å². The monoisotopic (exact) mass is 245 g/mol. The van der Waals surface area contributed by atoms with Crippen LogP contribution >= 0.6 is 0 Å².